The Morgan fingerprint density at radius 3 is 2.79 bits per heavy atom. The van der Waals surface area contributed by atoms with Gasteiger partial charge in [-0.2, -0.15) is 5.10 Å². The van der Waals surface area contributed by atoms with Gasteiger partial charge in [-0.05, 0) is 31.5 Å². The maximum atomic E-state index is 14.0. The van der Waals surface area contributed by atoms with Crippen LogP contribution in [-0.2, 0) is 4.94 Å². The Hall–Kier alpha value is -2.81. The average Bonchev–Trinajstić information content (AvgIpc) is 3.21. The third-order valence-electron chi connectivity index (χ3n) is 4.06. The molecule has 1 saturated heterocycles. The number of halogens is 2. The lowest BCUT2D eigenvalue weighted by Gasteiger charge is -2.27. The van der Waals surface area contributed by atoms with Crippen molar-refractivity contribution in [2.75, 3.05) is 13.1 Å². The topological polar surface area (TPSA) is 78.3 Å². The second-order valence-corrected chi connectivity index (χ2v) is 6.03. The van der Waals surface area contributed by atoms with Crippen LogP contribution in [0.2, 0.25) is 0 Å². The van der Waals surface area contributed by atoms with Crippen molar-refractivity contribution >= 4 is 11.5 Å². The second-order valence-electron chi connectivity index (χ2n) is 6.03. The predicted molar refractivity (Wildman–Crippen MR) is 101 cm³/mol. The van der Waals surface area contributed by atoms with E-state index in [1.165, 1.54) is 23.3 Å². The normalized spacial score (nSPS) is 18.6. The summed E-state index contributed by atoms with van der Waals surface area (Å²) in [6.07, 6.45) is 2.79. The van der Waals surface area contributed by atoms with Crippen LogP contribution in [0, 0.1) is 0 Å². The number of allylic oxidation sites excluding steroid dienone is 1. The minimum absolute atomic E-state index is 0.0420. The summed E-state index contributed by atoms with van der Waals surface area (Å²) in [4.78, 5) is 18.6. The molecule has 0 saturated carbocycles. The summed E-state index contributed by atoms with van der Waals surface area (Å²) < 4.78 is 33.1. The number of rotatable bonds is 5. The van der Waals surface area contributed by atoms with Gasteiger partial charge in [0.05, 0.1) is 18.1 Å². The number of carbonyl (C=O) groups excluding carboxylic acids is 1. The van der Waals surface area contributed by atoms with Gasteiger partial charge in [-0.3, -0.25) is 0 Å². The van der Waals surface area contributed by atoms with Crippen molar-refractivity contribution in [1.29, 1.82) is 0 Å². The first-order valence-corrected chi connectivity index (χ1v) is 9.05. The number of pyridine rings is 1. The maximum Gasteiger partial charge on any atom is 0.382 e. The first-order chi connectivity index (χ1) is 13.5. The van der Waals surface area contributed by atoms with E-state index in [9.17, 15) is 13.7 Å². The molecule has 0 aromatic carbocycles. The molecular weight excluding hydrogens is 370 g/mol. The number of nitrogens with one attached hydrogen (secondary N) is 1. The standard InChI is InChI=1S/C17H18F2N4O3.C2H6/c1-10(2)13-5-12(23-9-11(6-22-23)17(24)26-19)7-21-16(13)25-15-3-4-20-8-14(15)18;1-2/h5-7,9,14-15,20H,1,3-4,8H2,2H3;1-2H3. The van der Waals surface area contributed by atoms with E-state index in [-0.39, 0.29) is 18.0 Å². The van der Waals surface area contributed by atoms with Crippen LogP contribution in [0.25, 0.3) is 11.3 Å². The van der Waals surface area contributed by atoms with Gasteiger partial charge in [-0.1, -0.05) is 20.4 Å². The van der Waals surface area contributed by atoms with Gasteiger partial charge in [0.1, 0.15) is 17.8 Å². The monoisotopic (exact) mass is 394 g/mol. The Labute approximate surface area is 162 Å². The highest BCUT2D eigenvalue weighted by atomic mass is 19.3. The largest absolute Gasteiger partial charge is 0.471 e. The Morgan fingerprint density at radius 1 is 1.39 bits per heavy atom. The molecule has 0 radical (unpaired) electrons. The quantitative estimate of drug-likeness (QED) is 0.837. The minimum atomic E-state index is -1.14. The van der Waals surface area contributed by atoms with Crippen molar-refractivity contribution in [2.45, 2.75) is 39.5 Å². The van der Waals surface area contributed by atoms with E-state index >= 15 is 0 Å². The van der Waals surface area contributed by atoms with Crippen LogP contribution in [0.15, 0.2) is 31.2 Å². The van der Waals surface area contributed by atoms with Gasteiger partial charge in [0.25, 0.3) is 0 Å². The fraction of sp³-hybridized carbons (Fsp3) is 0.421. The van der Waals surface area contributed by atoms with Crippen LogP contribution in [0.5, 0.6) is 5.88 Å². The van der Waals surface area contributed by atoms with Crippen LogP contribution in [0.3, 0.4) is 0 Å². The fourth-order valence-electron chi connectivity index (χ4n) is 2.65. The van der Waals surface area contributed by atoms with E-state index in [0.29, 0.717) is 29.8 Å². The maximum absolute atomic E-state index is 14.0. The zero-order chi connectivity index (χ0) is 20.7. The number of hydrogen-bond donors (Lipinski definition) is 1. The third-order valence-corrected chi connectivity index (χ3v) is 4.06. The van der Waals surface area contributed by atoms with Gasteiger partial charge < -0.3 is 10.1 Å². The smallest absolute Gasteiger partial charge is 0.382 e. The average molecular weight is 394 g/mol. The predicted octanol–water partition coefficient (Wildman–Crippen LogP) is 3.45. The molecule has 1 aliphatic heterocycles. The van der Waals surface area contributed by atoms with E-state index in [1.54, 1.807) is 13.0 Å². The molecule has 1 aliphatic rings. The van der Waals surface area contributed by atoms with Gasteiger partial charge in [-0.15, -0.1) is 0 Å². The van der Waals surface area contributed by atoms with Gasteiger partial charge in [-0.25, -0.2) is 23.8 Å². The van der Waals surface area contributed by atoms with Crippen LogP contribution in [0.1, 0.15) is 43.1 Å². The highest BCUT2D eigenvalue weighted by molar-refractivity contribution is 5.88. The lowest BCUT2D eigenvalue weighted by molar-refractivity contribution is -0.0788. The lowest BCUT2D eigenvalue weighted by Crippen LogP contribution is -2.44. The van der Waals surface area contributed by atoms with Gasteiger partial charge in [0, 0.05) is 22.8 Å². The molecule has 2 atom stereocenters. The van der Waals surface area contributed by atoms with Crippen molar-refractivity contribution in [3.8, 4) is 11.6 Å². The zero-order valence-corrected chi connectivity index (χ0v) is 16.1. The molecule has 0 spiro atoms. The molecule has 1 N–H and O–H groups in total. The van der Waals surface area contributed by atoms with Crippen molar-refractivity contribution < 1.29 is 23.4 Å². The van der Waals surface area contributed by atoms with E-state index in [0.717, 1.165) is 0 Å². The van der Waals surface area contributed by atoms with E-state index in [4.69, 9.17) is 4.74 Å². The van der Waals surface area contributed by atoms with Gasteiger partial charge >= 0.3 is 5.97 Å². The molecule has 3 heterocycles. The number of hydrogen-bond acceptors (Lipinski definition) is 6. The minimum Gasteiger partial charge on any atom is -0.471 e. The molecule has 0 amide bonds. The van der Waals surface area contributed by atoms with E-state index < -0.39 is 18.2 Å². The molecule has 0 bridgehead atoms. The molecule has 0 aliphatic carbocycles. The number of aromatic nitrogens is 3. The highest BCUT2D eigenvalue weighted by Gasteiger charge is 2.27. The SMILES string of the molecule is C=C(C)c1cc(-n2cc(C(=O)OF)cn2)cnc1OC1CCNCC1F.CC. The van der Waals surface area contributed by atoms with E-state index in [1.807, 2.05) is 13.8 Å². The number of carbonyl (C=O) groups is 1. The van der Waals surface area contributed by atoms with Crippen LogP contribution in [0.4, 0.5) is 8.92 Å². The van der Waals surface area contributed by atoms with Crippen LogP contribution < -0.4 is 10.1 Å². The van der Waals surface area contributed by atoms with E-state index in [2.05, 4.69) is 26.9 Å². The highest BCUT2D eigenvalue weighted by Crippen LogP contribution is 2.27. The summed E-state index contributed by atoms with van der Waals surface area (Å²) in [6.45, 7) is 10.6. The second kappa shape index (κ2) is 9.93. The summed E-state index contributed by atoms with van der Waals surface area (Å²) >= 11 is 0. The molecule has 7 nitrogen and oxygen atoms in total. The molecule has 1 fully saturated rings. The Balaban J connectivity index is 0.00000136. The Bertz CT molecular complexity index is 825. The summed E-state index contributed by atoms with van der Waals surface area (Å²) in [5.41, 5.74) is 1.74. The summed E-state index contributed by atoms with van der Waals surface area (Å²) in [6, 6.07) is 1.70. The molecule has 2 aromatic heterocycles. The molecule has 2 aromatic rings. The van der Waals surface area contributed by atoms with Gasteiger partial charge in [0.15, 0.2) is 0 Å². The van der Waals surface area contributed by atoms with Crippen molar-refractivity contribution in [2.24, 2.45) is 0 Å². The molecule has 28 heavy (non-hydrogen) atoms. The van der Waals surface area contributed by atoms with Crippen molar-refractivity contribution in [1.82, 2.24) is 20.1 Å². The van der Waals surface area contributed by atoms with Gasteiger partial charge in [0.2, 0.25) is 5.88 Å². The fourth-order valence-corrected chi connectivity index (χ4v) is 2.65. The number of ether oxygens (including phenoxy) is 1. The number of piperidine rings is 1. The molecule has 3 rings (SSSR count). The Kier molecular flexibility index (Phi) is 7.62. The summed E-state index contributed by atoms with van der Waals surface area (Å²) in [7, 11) is 0. The number of nitrogens with zero attached hydrogens (tertiary/aromatic N) is 3. The molecule has 152 valence electrons. The Morgan fingerprint density at radius 2 is 2.14 bits per heavy atom. The molecular formula is C19H24F2N4O3. The third kappa shape index (κ3) is 4.92. The summed E-state index contributed by atoms with van der Waals surface area (Å²) in [5.74, 6) is -0.851. The zero-order valence-electron chi connectivity index (χ0n) is 16.1. The van der Waals surface area contributed by atoms with Crippen molar-refractivity contribution in [3.63, 3.8) is 0 Å². The molecule has 9 heteroatoms. The first-order valence-electron chi connectivity index (χ1n) is 9.05. The summed E-state index contributed by atoms with van der Waals surface area (Å²) in [5, 5.41) is 6.95. The molecule has 2 unspecified atom stereocenters. The van der Waals surface area contributed by atoms with Crippen molar-refractivity contribution in [3.05, 3.63) is 42.4 Å². The first kappa shape index (κ1) is 21.5. The number of alkyl halides is 1. The van der Waals surface area contributed by atoms with Crippen LogP contribution >= 0.6 is 0 Å². The lowest BCUT2D eigenvalue weighted by atomic mass is 10.1. The van der Waals surface area contributed by atoms with Crippen LogP contribution in [-0.4, -0.2) is 46.1 Å².